The number of nitrogens with zero attached hydrogens (tertiary/aromatic N) is 2. The highest BCUT2D eigenvalue weighted by atomic mass is 32.1. The molecule has 0 fully saturated rings. The van der Waals surface area contributed by atoms with Gasteiger partial charge in [0.2, 0.25) is 0 Å². The summed E-state index contributed by atoms with van der Waals surface area (Å²) in [7, 11) is 0. The maximum absolute atomic E-state index is 12.4. The summed E-state index contributed by atoms with van der Waals surface area (Å²) in [6.45, 7) is 0. The van der Waals surface area contributed by atoms with Gasteiger partial charge in [-0.2, -0.15) is 23.4 Å². The van der Waals surface area contributed by atoms with Gasteiger partial charge in [-0.05, 0) is 30.4 Å². The van der Waals surface area contributed by atoms with E-state index < -0.39 is 17.3 Å². The molecule has 0 radical (unpaired) electrons. The number of hydrogen-bond donors (Lipinski definition) is 0. The zero-order valence-corrected chi connectivity index (χ0v) is 7.83. The minimum absolute atomic E-state index is 0.156. The molecular weight excluding hydrogens is 225 g/mol. The Morgan fingerprint density at radius 3 is 2.53 bits per heavy atom. The normalized spacial score (nSPS) is 9.73. The summed E-state index contributed by atoms with van der Waals surface area (Å²) in [5.74, 6) is 0. The summed E-state index contributed by atoms with van der Waals surface area (Å²) in [5.41, 5.74) is -1.88. The Labute approximate surface area is 88.7 Å². The molecule has 0 N–H and O–H groups in total. The zero-order valence-electron chi connectivity index (χ0n) is 7.01. The molecule has 0 aliphatic heterocycles. The van der Waals surface area contributed by atoms with Crippen LogP contribution < -0.4 is 0 Å². The first kappa shape index (κ1) is 11.2. The number of isothiocyanates is 1. The van der Waals surface area contributed by atoms with E-state index in [9.17, 15) is 13.2 Å². The first-order valence-corrected chi connectivity index (χ1v) is 3.93. The van der Waals surface area contributed by atoms with Crippen molar-refractivity contribution in [2.75, 3.05) is 0 Å². The minimum atomic E-state index is -4.62. The van der Waals surface area contributed by atoms with Crippen molar-refractivity contribution in [2.45, 2.75) is 6.18 Å². The van der Waals surface area contributed by atoms with Crippen LogP contribution in [0.3, 0.4) is 0 Å². The van der Waals surface area contributed by atoms with E-state index in [1.807, 2.05) is 5.16 Å². The molecule has 1 aromatic carbocycles. The Morgan fingerprint density at radius 1 is 1.40 bits per heavy atom. The van der Waals surface area contributed by atoms with Crippen LogP contribution in [0.5, 0.6) is 0 Å². The number of rotatable bonds is 1. The van der Waals surface area contributed by atoms with Crippen molar-refractivity contribution < 1.29 is 13.2 Å². The van der Waals surface area contributed by atoms with Crippen molar-refractivity contribution in [3.05, 3.63) is 29.3 Å². The van der Waals surface area contributed by atoms with Gasteiger partial charge in [0.15, 0.2) is 0 Å². The molecule has 15 heavy (non-hydrogen) atoms. The molecule has 0 saturated heterocycles. The quantitative estimate of drug-likeness (QED) is 0.545. The molecule has 0 bridgehead atoms. The van der Waals surface area contributed by atoms with Crippen molar-refractivity contribution in [2.24, 2.45) is 4.99 Å². The van der Waals surface area contributed by atoms with Gasteiger partial charge in [-0.3, -0.25) is 0 Å². The summed E-state index contributed by atoms with van der Waals surface area (Å²) in [5, 5.41) is 10.3. The molecule has 74 valence electrons. The predicted molar refractivity (Wildman–Crippen MR) is 48.5 cm³/mol. The average molecular weight is 226 g/mol. The summed E-state index contributed by atoms with van der Waals surface area (Å²) >= 11 is 4.24. The van der Waals surface area contributed by atoms with Crippen molar-refractivity contribution in [3.63, 3.8) is 0 Å². The Hall–Kier alpha value is -1.88. The molecule has 1 aromatic rings. The highest BCUT2D eigenvalue weighted by molar-refractivity contribution is 7.78. The van der Waals surface area contributed by atoms with Gasteiger partial charge in [0, 0.05) is 0 Å². The SMILES string of the molecule is N#Cc1c#cc(N=C=S)cc1C(F)(F)F. The van der Waals surface area contributed by atoms with Crippen LogP contribution in [-0.4, -0.2) is 5.16 Å². The molecule has 0 saturated carbocycles. The van der Waals surface area contributed by atoms with Gasteiger partial charge in [-0.1, -0.05) is 0 Å². The Bertz CT molecular complexity index is 467. The number of aliphatic imine (C=N–C) groups is 1. The lowest BCUT2D eigenvalue weighted by atomic mass is 10.1. The molecule has 0 spiro atoms. The van der Waals surface area contributed by atoms with E-state index in [4.69, 9.17) is 5.26 Å². The monoisotopic (exact) mass is 226 g/mol. The lowest BCUT2D eigenvalue weighted by Crippen LogP contribution is -2.06. The number of halogens is 3. The molecule has 0 aromatic heterocycles. The summed E-state index contributed by atoms with van der Waals surface area (Å²) in [4.78, 5) is 3.32. The second-order valence-electron chi connectivity index (χ2n) is 2.38. The molecule has 0 heterocycles. The van der Waals surface area contributed by atoms with E-state index in [2.05, 4.69) is 29.3 Å². The Balaban J connectivity index is 3.40. The first-order chi connectivity index (χ1) is 6.99. The lowest BCUT2D eigenvalue weighted by Gasteiger charge is -2.05. The van der Waals surface area contributed by atoms with Gasteiger partial charge >= 0.3 is 6.18 Å². The fourth-order valence-corrected chi connectivity index (χ4v) is 0.958. The van der Waals surface area contributed by atoms with Crippen LogP contribution in [0.15, 0.2) is 11.1 Å². The molecule has 0 unspecified atom stereocenters. The van der Waals surface area contributed by atoms with Crippen LogP contribution in [-0.2, 0) is 6.18 Å². The minimum Gasteiger partial charge on any atom is -0.192 e. The molecular formula is C9HF3N2S. The van der Waals surface area contributed by atoms with Crippen molar-refractivity contribution in [3.8, 4) is 6.07 Å². The van der Waals surface area contributed by atoms with Crippen LogP contribution in [0, 0.1) is 23.5 Å². The van der Waals surface area contributed by atoms with E-state index in [0.717, 1.165) is 0 Å². The molecule has 2 nitrogen and oxygen atoms in total. The molecule has 6 heteroatoms. The van der Waals surface area contributed by atoms with Crippen LogP contribution in [0.2, 0.25) is 0 Å². The molecule has 0 aliphatic carbocycles. The third kappa shape index (κ3) is 2.54. The van der Waals surface area contributed by atoms with Gasteiger partial charge in [-0.25, -0.2) is 0 Å². The van der Waals surface area contributed by atoms with E-state index >= 15 is 0 Å². The molecule has 0 aliphatic rings. The Kier molecular flexibility index (Phi) is 3.06. The maximum Gasteiger partial charge on any atom is 0.418 e. The van der Waals surface area contributed by atoms with E-state index in [1.54, 1.807) is 0 Å². The van der Waals surface area contributed by atoms with Gasteiger partial charge < -0.3 is 0 Å². The first-order valence-electron chi connectivity index (χ1n) is 3.52. The van der Waals surface area contributed by atoms with Crippen molar-refractivity contribution in [1.29, 1.82) is 5.26 Å². The van der Waals surface area contributed by atoms with Crippen LogP contribution in [0.1, 0.15) is 11.1 Å². The lowest BCUT2D eigenvalue weighted by molar-refractivity contribution is -0.137. The zero-order chi connectivity index (χ0) is 11.5. The second kappa shape index (κ2) is 4.10. The van der Waals surface area contributed by atoms with Gasteiger partial charge in [0.05, 0.1) is 10.7 Å². The smallest absolute Gasteiger partial charge is 0.192 e. The van der Waals surface area contributed by atoms with Crippen molar-refractivity contribution in [1.82, 2.24) is 0 Å². The number of alkyl halides is 3. The predicted octanol–water partition coefficient (Wildman–Crippen LogP) is 2.91. The maximum atomic E-state index is 12.4. The second-order valence-corrected chi connectivity index (χ2v) is 2.56. The van der Waals surface area contributed by atoms with E-state index in [-0.39, 0.29) is 5.69 Å². The van der Waals surface area contributed by atoms with E-state index in [0.29, 0.717) is 6.07 Å². The fourth-order valence-electron chi connectivity index (χ4n) is 0.860. The summed E-state index contributed by atoms with van der Waals surface area (Å²) in [6.07, 6.45) is -4.62. The highest BCUT2D eigenvalue weighted by Gasteiger charge is 2.34. The fraction of sp³-hybridized carbons (Fsp3) is 0.111. The Morgan fingerprint density at radius 2 is 2.07 bits per heavy atom. The molecule has 0 amide bonds. The summed E-state index contributed by atoms with van der Waals surface area (Å²) < 4.78 is 37.1. The highest BCUT2D eigenvalue weighted by Crippen LogP contribution is 2.32. The van der Waals surface area contributed by atoms with Crippen LogP contribution in [0.4, 0.5) is 18.9 Å². The number of hydrogen-bond acceptors (Lipinski definition) is 3. The van der Waals surface area contributed by atoms with Gasteiger partial charge in [0.1, 0.15) is 17.3 Å². The van der Waals surface area contributed by atoms with Crippen LogP contribution >= 0.6 is 12.2 Å². The van der Waals surface area contributed by atoms with Crippen molar-refractivity contribution >= 4 is 23.1 Å². The van der Waals surface area contributed by atoms with Gasteiger partial charge in [-0.15, -0.1) is 0 Å². The van der Waals surface area contributed by atoms with E-state index in [1.165, 1.54) is 6.07 Å². The molecule has 0 atom stereocenters. The average Bonchev–Trinajstić information content (AvgIpc) is 2.17. The standard InChI is InChI=1S/C9HF3N2S/c10-9(11,12)8-3-7(14-5-15)2-1-6(8)4-13/h3H. The third-order valence-corrected chi connectivity index (χ3v) is 1.54. The number of thiocarbonyl (C=S) groups is 1. The topological polar surface area (TPSA) is 36.1 Å². The largest absolute Gasteiger partial charge is 0.418 e. The van der Waals surface area contributed by atoms with Gasteiger partial charge in [0.25, 0.3) is 0 Å². The van der Waals surface area contributed by atoms with Crippen LogP contribution in [0.25, 0.3) is 0 Å². The molecule has 1 rings (SSSR count). The third-order valence-electron chi connectivity index (χ3n) is 1.45. The summed E-state index contributed by atoms with van der Waals surface area (Å²) in [6, 6.07) is 6.37. The number of nitriles is 1.